The summed E-state index contributed by atoms with van der Waals surface area (Å²) in [5.74, 6) is 0.807. The van der Waals surface area contributed by atoms with Crippen LogP contribution < -0.4 is 5.32 Å². The van der Waals surface area contributed by atoms with Gasteiger partial charge in [0.15, 0.2) is 0 Å². The van der Waals surface area contributed by atoms with Gasteiger partial charge in [-0.3, -0.25) is 9.69 Å². The average Bonchev–Trinajstić information content (AvgIpc) is 3.41. The Balaban J connectivity index is 1.25. The van der Waals surface area contributed by atoms with Gasteiger partial charge in [-0.05, 0) is 25.0 Å². The van der Waals surface area contributed by atoms with Crippen molar-refractivity contribution in [3.05, 3.63) is 39.6 Å². The summed E-state index contributed by atoms with van der Waals surface area (Å²) in [6.45, 7) is 3.60. The molecule has 4 atom stereocenters. The zero-order valence-electron chi connectivity index (χ0n) is 15.2. The Kier molecular flexibility index (Phi) is 4.31. The third-order valence-electron chi connectivity index (χ3n) is 6.41. The topological polar surface area (TPSA) is 59.4 Å². The Labute approximate surface area is 167 Å². The summed E-state index contributed by atoms with van der Waals surface area (Å²) in [5, 5.41) is 3.12. The van der Waals surface area contributed by atoms with Crippen LogP contribution in [0.1, 0.15) is 28.2 Å². The molecule has 6 nitrogen and oxygen atoms in total. The maximum absolute atomic E-state index is 12.5. The smallest absolute Gasteiger partial charge is 0.269 e. The van der Waals surface area contributed by atoms with E-state index in [0.29, 0.717) is 24.1 Å². The molecule has 3 fully saturated rings. The lowest BCUT2D eigenvalue weighted by Crippen LogP contribution is -2.42. The van der Waals surface area contributed by atoms with Crippen molar-refractivity contribution in [3.63, 3.8) is 0 Å². The van der Waals surface area contributed by atoms with Crippen LogP contribution in [-0.4, -0.2) is 51.7 Å². The van der Waals surface area contributed by atoms with E-state index >= 15 is 0 Å². The molecule has 27 heavy (non-hydrogen) atoms. The summed E-state index contributed by atoms with van der Waals surface area (Å²) in [6.07, 6.45) is 5.77. The van der Waals surface area contributed by atoms with E-state index in [0.717, 1.165) is 36.8 Å². The van der Waals surface area contributed by atoms with Crippen molar-refractivity contribution in [2.45, 2.75) is 31.1 Å². The third kappa shape index (κ3) is 3.01. The van der Waals surface area contributed by atoms with E-state index in [2.05, 4.69) is 21.3 Å². The van der Waals surface area contributed by atoms with Crippen LogP contribution in [0.4, 0.5) is 0 Å². The van der Waals surface area contributed by atoms with E-state index in [1.54, 1.807) is 28.4 Å². The zero-order chi connectivity index (χ0) is 18.6. The Bertz CT molecular complexity index is 868. The Hall–Kier alpha value is -1.41. The van der Waals surface area contributed by atoms with Gasteiger partial charge in [-0.15, -0.1) is 11.3 Å². The number of halogens is 1. The number of carbonyl (C=O) groups excluding carboxylic acids is 1. The van der Waals surface area contributed by atoms with Gasteiger partial charge in [0.2, 0.25) is 0 Å². The predicted molar refractivity (Wildman–Crippen MR) is 104 cm³/mol. The van der Waals surface area contributed by atoms with Crippen LogP contribution in [0.15, 0.2) is 24.7 Å². The van der Waals surface area contributed by atoms with Crippen LogP contribution >= 0.6 is 22.9 Å². The number of nitrogens with zero attached hydrogens (tertiary/aromatic N) is 3. The van der Waals surface area contributed by atoms with E-state index in [1.165, 1.54) is 4.88 Å². The van der Waals surface area contributed by atoms with Crippen LogP contribution in [0, 0.1) is 11.8 Å². The maximum atomic E-state index is 12.5. The first-order chi connectivity index (χ1) is 13.0. The second kappa shape index (κ2) is 6.58. The van der Waals surface area contributed by atoms with Gasteiger partial charge in [-0.25, -0.2) is 4.98 Å². The van der Waals surface area contributed by atoms with Crippen molar-refractivity contribution in [3.8, 4) is 0 Å². The number of hydrogen-bond acceptors (Lipinski definition) is 5. The molecule has 5 heterocycles. The molecular formula is C19H23ClN4O2S. The lowest BCUT2D eigenvalue weighted by atomic mass is 9.73. The summed E-state index contributed by atoms with van der Waals surface area (Å²) in [7, 11) is 1.84. The minimum Gasteiger partial charge on any atom is -0.370 e. The van der Waals surface area contributed by atoms with Gasteiger partial charge < -0.3 is 14.6 Å². The fourth-order valence-corrected chi connectivity index (χ4v) is 6.34. The van der Waals surface area contributed by atoms with Gasteiger partial charge in [0.1, 0.15) is 5.69 Å². The Morgan fingerprint density at radius 3 is 3.15 bits per heavy atom. The zero-order valence-corrected chi connectivity index (χ0v) is 16.8. The standard InChI is InChI=1S/C19H23ClN4O2S/c1-23-11-21-7-15(23)18(25)22-6-13-14-9-24(8-12-2-3-17(20)27-12)10-19(14)5-4-16(13)26-19/h2-3,7,11,13-14,16H,4-6,8-10H2,1H3,(H,22,25)/t13-,14+,16+,19+/m0/s1. The van der Waals surface area contributed by atoms with Crippen molar-refractivity contribution in [1.82, 2.24) is 19.8 Å². The highest BCUT2D eigenvalue weighted by Gasteiger charge is 2.62. The number of rotatable bonds is 5. The SMILES string of the molecule is Cn1cncc1C(=O)NC[C@H]1[C@H]2CN(Cc3ccc(Cl)s3)C[C@]23CC[C@H]1O3. The number of likely N-dealkylation sites (tertiary alicyclic amines) is 1. The number of hydrogen-bond donors (Lipinski definition) is 1. The van der Waals surface area contributed by atoms with Gasteiger partial charge in [-0.1, -0.05) is 11.6 Å². The monoisotopic (exact) mass is 406 g/mol. The van der Waals surface area contributed by atoms with Crippen LogP contribution in [0.2, 0.25) is 4.34 Å². The van der Waals surface area contributed by atoms with Crippen LogP contribution in [0.3, 0.4) is 0 Å². The summed E-state index contributed by atoms with van der Waals surface area (Å²) >= 11 is 7.73. The number of thiophene rings is 1. The molecule has 0 saturated carbocycles. The number of carbonyl (C=O) groups is 1. The number of imidazole rings is 1. The third-order valence-corrected chi connectivity index (χ3v) is 7.63. The second-order valence-corrected chi connectivity index (χ2v) is 9.80. The molecule has 3 saturated heterocycles. The molecule has 8 heteroatoms. The minimum absolute atomic E-state index is 0.0202. The number of fused-ring (bicyclic) bond motifs is 1. The molecule has 0 aliphatic carbocycles. The molecule has 5 rings (SSSR count). The van der Waals surface area contributed by atoms with Gasteiger partial charge in [0.05, 0.1) is 28.6 Å². The number of ether oxygens (including phenoxy) is 1. The molecule has 0 unspecified atom stereocenters. The molecule has 3 aliphatic rings. The van der Waals surface area contributed by atoms with Crippen molar-refractivity contribution >= 4 is 28.8 Å². The Morgan fingerprint density at radius 2 is 2.41 bits per heavy atom. The molecular weight excluding hydrogens is 384 g/mol. The van der Waals surface area contributed by atoms with Crippen molar-refractivity contribution in [2.75, 3.05) is 19.6 Å². The highest BCUT2D eigenvalue weighted by molar-refractivity contribution is 7.16. The molecule has 1 N–H and O–H groups in total. The molecule has 2 bridgehead atoms. The fraction of sp³-hybridized carbons (Fsp3) is 0.579. The Morgan fingerprint density at radius 1 is 1.52 bits per heavy atom. The minimum atomic E-state index is -0.0603. The molecule has 2 aromatic rings. The first kappa shape index (κ1) is 17.7. The summed E-state index contributed by atoms with van der Waals surface area (Å²) < 4.78 is 9.07. The molecule has 0 aromatic carbocycles. The highest BCUT2D eigenvalue weighted by Crippen LogP contribution is 2.54. The molecule has 1 amide bonds. The molecule has 1 spiro atoms. The van der Waals surface area contributed by atoms with Gasteiger partial charge in [0.25, 0.3) is 5.91 Å². The molecule has 3 aliphatic heterocycles. The fourth-order valence-electron chi connectivity index (χ4n) is 5.21. The van der Waals surface area contributed by atoms with Crippen molar-refractivity contribution in [1.29, 1.82) is 0 Å². The number of nitrogens with one attached hydrogen (secondary N) is 1. The lowest BCUT2D eigenvalue weighted by Gasteiger charge is -2.29. The number of amides is 1. The van der Waals surface area contributed by atoms with Crippen molar-refractivity contribution in [2.24, 2.45) is 18.9 Å². The van der Waals surface area contributed by atoms with E-state index in [4.69, 9.17) is 16.3 Å². The number of aromatic nitrogens is 2. The van der Waals surface area contributed by atoms with Crippen LogP contribution in [-0.2, 0) is 18.3 Å². The summed E-state index contributed by atoms with van der Waals surface area (Å²) in [6, 6.07) is 4.08. The van der Waals surface area contributed by atoms with E-state index in [9.17, 15) is 4.79 Å². The average molecular weight is 407 g/mol. The quantitative estimate of drug-likeness (QED) is 0.829. The van der Waals surface area contributed by atoms with E-state index in [1.807, 2.05) is 13.1 Å². The first-order valence-electron chi connectivity index (χ1n) is 9.43. The second-order valence-electron chi connectivity index (χ2n) is 8.01. The van der Waals surface area contributed by atoms with Crippen LogP contribution in [0.5, 0.6) is 0 Å². The molecule has 144 valence electrons. The highest BCUT2D eigenvalue weighted by atomic mass is 35.5. The van der Waals surface area contributed by atoms with E-state index < -0.39 is 0 Å². The van der Waals surface area contributed by atoms with Gasteiger partial charge in [-0.2, -0.15) is 0 Å². The van der Waals surface area contributed by atoms with E-state index in [-0.39, 0.29) is 17.6 Å². The van der Waals surface area contributed by atoms with Crippen molar-refractivity contribution < 1.29 is 9.53 Å². The maximum Gasteiger partial charge on any atom is 0.269 e. The first-order valence-corrected chi connectivity index (χ1v) is 10.6. The number of aryl methyl sites for hydroxylation is 1. The van der Waals surface area contributed by atoms with Gasteiger partial charge >= 0.3 is 0 Å². The summed E-state index contributed by atoms with van der Waals surface area (Å²) in [5.41, 5.74) is 0.574. The molecule has 2 aromatic heterocycles. The van der Waals surface area contributed by atoms with Crippen LogP contribution in [0.25, 0.3) is 0 Å². The van der Waals surface area contributed by atoms with Gasteiger partial charge in [0, 0.05) is 49.9 Å². The largest absolute Gasteiger partial charge is 0.370 e. The summed E-state index contributed by atoms with van der Waals surface area (Å²) in [4.78, 5) is 20.3. The molecule has 0 radical (unpaired) electrons. The lowest BCUT2D eigenvalue weighted by molar-refractivity contribution is 0.00219. The normalized spacial score (nSPS) is 32.1. The predicted octanol–water partition coefficient (Wildman–Crippen LogP) is 2.54.